The molecule has 0 fully saturated rings. The van der Waals surface area contributed by atoms with E-state index in [1.807, 2.05) is 12.1 Å². The normalized spacial score (nSPS) is 10.0. The standard InChI is InChI=1S/C9H9Br3O2/c1-13-8-4-7(12)9(5-6(8)11)14-3-2-10/h4-5H,2-3H2,1H3. The fourth-order valence-electron chi connectivity index (χ4n) is 0.926. The van der Waals surface area contributed by atoms with Crippen molar-refractivity contribution in [2.45, 2.75) is 0 Å². The van der Waals surface area contributed by atoms with Gasteiger partial charge < -0.3 is 9.47 Å². The molecule has 0 radical (unpaired) electrons. The zero-order chi connectivity index (χ0) is 10.6. The predicted molar refractivity (Wildman–Crippen MR) is 67.7 cm³/mol. The minimum atomic E-state index is 0.636. The minimum Gasteiger partial charge on any atom is -0.496 e. The number of ether oxygens (including phenoxy) is 2. The molecule has 0 spiro atoms. The van der Waals surface area contributed by atoms with Gasteiger partial charge in [-0.15, -0.1) is 0 Å². The van der Waals surface area contributed by atoms with Crippen LogP contribution in [0.5, 0.6) is 11.5 Å². The Kier molecular flexibility index (Phi) is 5.26. The number of halogens is 3. The molecule has 0 aliphatic rings. The van der Waals surface area contributed by atoms with E-state index in [0.29, 0.717) is 6.61 Å². The molecule has 0 bridgehead atoms. The Morgan fingerprint density at radius 1 is 1.14 bits per heavy atom. The maximum absolute atomic E-state index is 5.49. The first kappa shape index (κ1) is 12.3. The second-order valence-corrected chi connectivity index (χ2v) is 4.96. The third-order valence-electron chi connectivity index (χ3n) is 1.54. The van der Waals surface area contributed by atoms with Crippen LogP contribution in [-0.2, 0) is 0 Å². The number of hydrogen-bond acceptors (Lipinski definition) is 2. The van der Waals surface area contributed by atoms with E-state index in [4.69, 9.17) is 9.47 Å². The quantitative estimate of drug-likeness (QED) is 0.726. The van der Waals surface area contributed by atoms with Crippen LogP contribution in [0.25, 0.3) is 0 Å². The first-order valence-corrected chi connectivity index (χ1v) is 6.61. The summed E-state index contributed by atoms with van der Waals surface area (Å²) in [5.41, 5.74) is 0. The van der Waals surface area contributed by atoms with Crippen LogP contribution in [0.1, 0.15) is 0 Å². The van der Waals surface area contributed by atoms with Crippen LogP contribution < -0.4 is 9.47 Å². The Labute approximate surface area is 108 Å². The second kappa shape index (κ2) is 5.98. The number of methoxy groups -OCH3 is 1. The van der Waals surface area contributed by atoms with Crippen molar-refractivity contribution in [1.29, 1.82) is 0 Å². The Morgan fingerprint density at radius 3 is 2.29 bits per heavy atom. The average molecular weight is 389 g/mol. The van der Waals surface area contributed by atoms with Gasteiger partial charge in [0.2, 0.25) is 0 Å². The molecule has 2 nitrogen and oxygen atoms in total. The zero-order valence-corrected chi connectivity index (χ0v) is 12.3. The largest absolute Gasteiger partial charge is 0.496 e. The van der Waals surface area contributed by atoms with Crippen molar-refractivity contribution >= 4 is 47.8 Å². The van der Waals surface area contributed by atoms with Crippen LogP contribution in [0.2, 0.25) is 0 Å². The molecule has 14 heavy (non-hydrogen) atoms. The van der Waals surface area contributed by atoms with Crippen LogP contribution in [0.4, 0.5) is 0 Å². The predicted octanol–water partition coefficient (Wildman–Crippen LogP) is 3.99. The summed E-state index contributed by atoms with van der Waals surface area (Å²) in [5.74, 6) is 1.58. The number of rotatable bonds is 4. The van der Waals surface area contributed by atoms with Crippen LogP contribution in [0, 0.1) is 0 Å². The van der Waals surface area contributed by atoms with Gasteiger partial charge >= 0.3 is 0 Å². The first-order chi connectivity index (χ1) is 6.69. The van der Waals surface area contributed by atoms with Gasteiger partial charge in [-0.25, -0.2) is 0 Å². The van der Waals surface area contributed by atoms with Gasteiger partial charge in [0.15, 0.2) is 0 Å². The smallest absolute Gasteiger partial charge is 0.134 e. The maximum Gasteiger partial charge on any atom is 0.134 e. The highest BCUT2D eigenvalue weighted by molar-refractivity contribution is 9.11. The van der Waals surface area contributed by atoms with Gasteiger partial charge in [-0.3, -0.25) is 0 Å². The molecule has 78 valence electrons. The van der Waals surface area contributed by atoms with Crippen molar-refractivity contribution in [1.82, 2.24) is 0 Å². The summed E-state index contributed by atoms with van der Waals surface area (Å²) in [7, 11) is 1.63. The summed E-state index contributed by atoms with van der Waals surface area (Å²) in [6.07, 6.45) is 0. The fourth-order valence-corrected chi connectivity index (χ4v) is 2.01. The van der Waals surface area contributed by atoms with E-state index in [9.17, 15) is 0 Å². The Hall–Kier alpha value is 0.260. The summed E-state index contributed by atoms with van der Waals surface area (Å²) in [5, 5.41) is 0.809. The number of hydrogen-bond donors (Lipinski definition) is 0. The third kappa shape index (κ3) is 3.14. The van der Waals surface area contributed by atoms with E-state index in [2.05, 4.69) is 47.8 Å². The van der Waals surface area contributed by atoms with Crippen molar-refractivity contribution < 1.29 is 9.47 Å². The van der Waals surface area contributed by atoms with Crippen LogP contribution in [0.15, 0.2) is 21.1 Å². The molecule has 5 heteroatoms. The van der Waals surface area contributed by atoms with Gasteiger partial charge in [0.05, 0.1) is 22.7 Å². The lowest BCUT2D eigenvalue weighted by atomic mass is 10.3. The molecule has 0 aromatic heterocycles. The molecule has 0 atom stereocenters. The lowest BCUT2D eigenvalue weighted by molar-refractivity contribution is 0.341. The molecule has 1 aromatic carbocycles. The number of benzene rings is 1. The van der Waals surface area contributed by atoms with Crippen molar-refractivity contribution in [3.05, 3.63) is 21.1 Å². The van der Waals surface area contributed by atoms with E-state index in [0.717, 1.165) is 25.8 Å². The van der Waals surface area contributed by atoms with Gasteiger partial charge in [0.25, 0.3) is 0 Å². The van der Waals surface area contributed by atoms with Crippen molar-refractivity contribution in [2.24, 2.45) is 0 Å². The van der Waals surface area contributed by atoms with Gasteiger partial charge in [-0.2, -0.15) is 0 Å². The summed E-state index contributed by atoms with van der Waals surface area (Å²) in [6, 6.07) is 3.75. The number of alkyl halides is 1. The molecule has 0 aliphatic heterocycles. The van der Waals surface area contributed by atoms with Gasteiger partial charge in [-0.1, -0.05) is 15.9 Å². The summed E-state index contributed by atoms with van der Waals surface area (Å²) in [4.78, 5) is 0. The van der Waals surface area contributed by atoms with E-state index in [-0.39, 0.29) is 0 Å². The molecule has 0 aliphatic carbocycles. The maximum atomic E-state index is 5.49. The fraction of sp³-hybridized carbons (Fsp3) is 0.333. The van der Waals surface area contributed by atoms with Crippen molar-refractivity contribution in [3.8, 4) is 11.5 Å². The molecule has 1 aromatic rings. The van der Waals surface area contributed by atoms with E-state index in [1.54, 1.807) is 7.11 Å². The highest BCUT2D eigenvalue weighted by Crippen LogP contribution is 2.35. The molecular formula is C9H9Br3O2. The van der Waals surface area contributed by atoms with E-state index < -0.39 is 0 Å². The summed E-state index contributed by atoms with van der Waals surface area (Å²) < 4.78 is 12.4. The molecule has 0 N–H and O–H groups in total. The molecule has 1 rings (SSSR count). The molecule has 0 saturated carbocycles. The molecule has 0 amide bonds. The van der Waals surface area contributed by atoms with Crippen LogP contribution >= 0.6 is 47.8 Å². The molecule has 0 heterocycles. The SMILES string of the molecule is COc1cc(Br)c(OCCBr)cc1Br. The first-order valence-electron chi connectivity index (χ1n) is 3.91. The average Bonchev–Trinajstić information content (AvgIpc) is 2.18. The van der Waals surface area contributed by atoms with Crippen molar-refractivity contribution in [2.75, 3.05) is 19.0 Å². The highest BCUT2D eigenvalue weighted by atomic mass is 79.9. The topological polar surface area (TPSA) is 18.5 Å². The minimum absolute atomic E-state index is 0.636. The Balaban J connectivity index is 2.90. The van der Waals surface area contributed by atoms with Gasteiger partial charge in [0.1, 0.15) is 11.5 Å². The monoisotopic (exact) mass is 386 g/mol. The third-order valence-corrected chi connectivity index (χ3v) is 3.10. The lowest BCUT2D eigenvalue weighted by Crippen LogP contribution is -1.98. The van der Waals surface area contributed by atoms with Crippen LogP contribution in [0.3, 0.4) is 0 Å². The second-order valence-electron chi connectivity index (χ2n) is 2.45. The zero-order valence-electron chi connectivity index (χ0n) is 7.52. The summed E-state index contributed by atoms with van der Waals surface area (Å²) >= 11 is 10.1. The van der Waals surface area contributed by atoms with Crippen LogP contribution in [-0.4, -0.2) is 19.0 Å². The Bertz CT molecular complexity index is 315. The summed E-state index contributed by atoms with van der Waals surface area (Å²) in [6.45, 7) is 0.636. The van der Waals surface area contributed by atoms with E-state index in [1.165, 1.54) is 0 Å². The molecular weight excluding hydrogens is 380 g/mol. The highest BCUT2D eigenvalue weighted by Gasteiger charge is 2.07. The van der Waals surface area contributed by atoms with Gasteiger partial charge in [0, 0.05) is 5.33 Å². The van der Waals surface area contributed by atoms with Crippen molar-refractivity contribution in [3.63, 3.8) is 0 Å². The molecule has 0 unspecified atom stereocenters. The van der Waals surface area contributed by atoms with Gasteiger partial charge in [-0.05, 0) is 44.0 Å². The molecule has 0 saturated heterocycles. The lowest BCUT2D eigenvalue weighted by Gasteiger charge is -2.09. The Morgan fingerprint density at radius 2 is 1.71 bits per heavy atom. The van der Waals surface area contributed by atoms with E-state index >= 15 is 0 Å².